The lowest BCUT2D eigenvalue weighted by molar-refractivity contribution is -0.117. The third-order valence-electron chi connectivity index (χ3n) is 5.16. The average Bonchev–Trinajstić information content (AvgIpc) is 3.17. The minimum atomic E-state index is -0.306. The molecule has 2 aromatic carbocycles. The first-order valence-electron chi connectivity index (χ1n) is 9.50. The monoisotopic (exact) mass is 393 g/mol. The smallest absolute Gasteiger partial charge is 0.277 e. The summed E-state index contributed by atoms with van der Waals surface area (Å²) >= 11 is 1.31. The fourth-order valence-corrected chi connectivity index (χ4v) is 4.18. The third-order valence-corrected chi connectivity index (χ3v) is 6.08. The molecule has 0 saturated carbocycles. The Morgan fingerprint density at radius 2 is 1.96 bits per heavy atom. The summed E-state index contributed by atoms with van der Waals surface area (Å²) in [5.41, 5.74) is 5.55. The predicted molar refractivity (Wildman–Crippen MR) is 112 cm³/mol. The van der Waals surface area contributed by atoms with Crippen LogP contribution in [0.2, 0.25) is 0 Å². The van der Waals surface area contributed by atoms with Gasteiger partial charge in [-0.2, -0.15) is 0 Å². The van der Waals surface area contributed by atoms with Crippen LogP contribution >= 0.6 is 11.8 Å². The summed E-state index contributed by atoms with van der Waals surface area (Å²) in [5, 5.41) is 8.40. The zero-order chi connectivity index (χ0) is 19.7. The van der Waals surface area contributed by atoms with Gasteiger partial charge in [0.1, 0.15) is 0 Å². The molecule has 0 aliphatic carbocycles. The Morgan fingerprint density at radius 3 is 2.79 bits per heavy atom. The van der Waals surface area contributed by atoms with Crippen molar-refractivity contribution in [1.82, 2.24) is 10.2 Å². The summed E-state index contributed by atoms with van der Waals surface area (Å²) in [5.74, 6) is 0.552. The Balaban J connectivity index is 1.48. The molecule has 0 N–H and O–H groups in total. The molecule has 1 aliphatic rings. The van der Waals surface area contributed by atoms with Crippen molar-refractivity contribution in [2.24, 2.45) is 0 Å². The Morgan fingerprint density at radius 1 is 1.14 bits per heavy atom. The van der Waals surface area contributed by atoms with Gasteiger partial charge in [0, 0.05) is 17.8 Å². The minimum absolute atomic E-state index is 0.0723. The summed E-state index contributed by atoms with van der Waals surface area (Å²) in [6.45, 7) is 6.77. The van der Waals surface area contributed by atoms with E-state index in [0.29, 0.717) is 11.1 Å². The molecule has 6 heteroatoms. The largest absolute Gasteiger partial charge is 0.411 e. The van der Waals surface area contributed by atoms with E-state index in [1.807, 2.05) is 48.2 Å². The number of amides is 1. The molecule has 1 aromatic heterocycles. The number of aromatic nitrogens is 2. The molecule has 5 nitrogen and oxygen atoms in total. The van der Waals surface area contributed by atoms with Crippen LogP contribution in [0.25, 0.3) is 11.5 Å². The molecule has 0 bridgehead atoms. The molecule has 4 rings (SSSR count). The van der Waals surface area contributed by atoms with Crippen LogP contribution in [-0.2, 0) is 11.2 Å². The summed E-state index contributed by atoms with van der Waals surface area (Å²) in [4.78, 5) is 14.9. The number of rotatable bonds is 4. The molecule has 0 fully saturated rings. The van der Waals surface area contributed by atoms with Gasteiger partial charge in [0.15, 0.2) is 0 Å². The molecule has 0 radical (unpaired) electrons. The van der Waals surface area contributed by atoms with Crippen molar-refractivity contribution in [1.29, 1.82) is 0 Å². The van der Waals surface area contributed by atoms with Gasteiger partial charge in [0.25, 0.3) is 5.22 Å². The van der Waals surface area contributed by atoms with Crippen LogP contribution in [0.4, 0.5) is 5.69 Å². The van der Waals surface area contributed by atoms with Crippen molar-refractivity contribution >= 4 is 23.4 Å². The normalized spacial score (nSPS) is 14.6. The maximum absolute atomic E-state index is 13.0. The van der Waals surface area contributed by atoms with Gasteiger partial charge in [-0.15, -0.1) is 10.2 Å². The van der Waals surface area contributed by atoms with Gasteiger partial charge in [0.05, 0.1) is 5.25 Å². The zero-order valence-electron chi connectivity index (χ0n) is 16.3. The number of hydrogen-bond donors (Lipinski definition) is 0. The second kappa shape index (κ2) is 7.80. The van der Waals surface area contributed by atoms with E-state index in [-0.39, 0.29) is 11.2 Å². The van der Waals surface area contributed by atoms with Crippen molar-refractivity contribution in [3.05, 3.63) is 59.2 Å². The second-order valence-corrected chi connectivity index (χ2v) is 8.45. The van der Waals surface area contributed by atoms with E-state index in [4.69, 9.17) is 4.42 Å². The van der Waals surface area contributed by atoms with E-state index in [9.17, 15) is 4.79 Å². The number of fused-ring (bicyclic) bond motifs is 1. The van der Waals surface area contributed by atoms with E-state index in [1.54, 1.807) is 0 Å². The van der Waals surface area contributed by atoms with Gasteiger partial charge in [-0.05, 0) is 68.5 Å². The Kier molecular flexibility index (Phi) is 5.22. The summed E-state index contributed by atoms with van der Waals surface area (Å²) in [6.07, 6.45) is 2.00. The van der Waals surface area contributed by atoms with Crippen LogP contribution < -0.4 is 4.90 Å². The first kappa shape index (κ1) is 18.7. The lowest BCUT2D eigenvalue weighted by Gasteiger charge is -2.31. The molecule has 144 valence electrons. The predicted octanol–water partition coefficient (Wildman–Crippen LogP) is 4.81. The minimum Gasteiger partial charge on any atom is -0.411 e. The molecule has 28 heavy (non-hydrogen) atoms. The van der Waals surface area contributed by atoms with Gasteiger partial charge in [-0.3, -0.25) is 4.79 Å². The highest BCUT2D eigenvalue weighted by molar-refractivity contribution is 8.00. The zero-order valence-corrected chi connectivity index (χ0v) is 17.1. The van der Waals surface area contributed by atoms with E-state index in [2.05, 4.69) is 30.1 Å². The van der Waals surface area contributed by atoms with Crippen LogP contribution in [0.15, 0.2) is 52.1 Å². The Labute approximate surface area is 169 Å². The summed E-state index contributed by atoms with van der Waals surface area (Å²) in [7, 11) is 0. The summed E-state index contributed by atoms with van der Waals surface area (Å²) < 4.78 is 5.81. The van der Waals surface area contributed by atoms with Crippen LogP contribution in [0.1, 0.15) is 30.0 Å². The molecule has 1 aliphatic heterocycles. The summed E-state index contributed by atoms with van der Waals surface area (Å²) in [6, 6.07) is 14.2. The number of thioether (sulfide) groups is 1. The second-order valence-electron chi connectivity index (χ2n) is 7.15. The topological polar surface area (TPSA) is 59.2 Å². The lowest BCUT2D eigenvalue weighted by Crippen LogP contribution is -2.40. The first-order chi connectivity index (χ1) is 13.5. The van der Waals surface area contributed by atoms with Crippen molar-refractivity contribution in [2.45, 2.75) is 44.1 Å². The van der Waals surface area contributed by atoms with Crippen LogP contribution in [-0.4, -0.2) is 27.9 Å². The van der Waals surface area contributed by atoms with E-state index in [1.165, 1.54) is 28.5 Å². The first-order valence-corrected chi connectivity index (χ1v) is 10.4. The highest BCUT2D eigenvalue weighted by atomic mass is 32.2. The number of carbonyl (C=O) groups excluding carboxylic acids is 1. The third kappa shape index (κ3) is 3.69. The van der Waals surface area contributed by atoms with E-state index >= 15 is 0 Å². The number of benzene rings is 2. The number of para-hydroxylation sites is 1. The molecule has 0 saturated heterocycles. The van der Waals surface area contributed by atoms with E-state index in [0.717, 1.165) is 30.6 Å². The fourth-order valence-electron chi connectivity index (χ4n) is 3.43. The van der Waals surface area contributed by atoms with E-state index < -0.39 is 0 Å². The molecule has 1 unspecified atom stereocenters. The molecule has 0 spiro atoms. The van der Waals surface area contributed by atoms with Crippen molar-refractivity contribution in [3.8, 4) is 11.5 Å². The Hall–Kier alpha value is -2.60. The number of hydrogen-bond acceptors (Lipinski definition) is 5. The average molecular weight is 394 g/mol. The van der Waals surface area contributed by atoms with Crippen LogP contribution in [0, 0.1) is 13.8 Å². The molecule has 2 heterocycles. The van der Waals surface area contributed by atoms with Crippen molar-refractivity contribution < 1.29 is 9.21 Å². The molecule has 1 atom stereocenters. The highest BCUT2D eigenvalue weighted by Crippen LogP contribution is 2.31. The lowest BCUT2D eigenvalue weighted by atomic mass is 10.0. The van der Waals surface area contributed by atoms with Crippen LogP contribution in [0.5, 0.6) is 0 Å². The maximum atomic E-state index is 13.0. The Bertz CT molecular complexity index is 1010. The highest BCUT2D eigenvalue weighted by Gasteiger charge is 2.28. The van der Waals surface area contributed by atoms with Gasteiger partial charge in [0.2, 0.25) is 11.8 Å². The van der Waals surface area contributed by atoms with Gasteiger partial charge >= 0.3 is 0 Å². The van der Waals surface area contributed by atoms with Gasteiger partial charge < -0.3 is 9.32 Å². The fraction of sp³-hybridized carbons (Fsp3) is 0.318. The quantitative estimate of drug-likeness (QED) is 0.595. The number of nitrogens with zero attached hydrogens (tertiary/aromatic N) is 3. The SMILES string of the molecule is Cc1ccc(-c2nnc(SC(C)C(=O)N3CCCc4ccccc43)o2)cc1C. The van der Waals surface area contributed by atoms with Crippen LogP contribution in [0.3, 0.4) is 0 Å². The number of aryl methyl sites for hydroxylation is 3. The standard InChI is InChI=1S/C22H23N3O2S/c1-14-10-11-18(13-15(14)2)20-23-24-22(27-20)28-16(3)21(26)25-12-6-8-17-7-4-5-9-19(17)25/h4-5,7,9-11,13,16H,6,8,12H2,1-3H3. The molecular formula is C22H23N3O2S. The molecule has 1 amide bonds. The van der Waals surface area contributed by atoms with Gasteiger partial charge in [-0.1, -0.05) is 36.0 Å². The van der Waals surface area contributed by atoms with Gasteiger partial charge in [-0.25, -0.2) is 0 Å². The number of carbonyl (C=O) groups is 1. The van der Waals surface area contributed by atoms with Crippen molar-refractivity contribution in [3.63, 3.8) is 0 Å². The molecule has 3 aromatic rings. The molecular weight excluding hydrogens is 370 g/mol. The van der Waals surface area contributed by atoms with Crippen molar-refractivity contribution in [2.75, 3.05) is 11.4 Å². The number of anilines is 1. The maximum Gasteiger partial charge on any atom is 0.277 e.